The minimum absolute atomic E-state index is 0.138. The topological polar surface area (TPSA) is 98.6 Å². The number of amides is 1. The quantitative estimate of drug-likeness (QED) is 0.533. The number of carbonyl (C=O) groups is 1. The number of aromatic nitrogens is 3. The van der Waals surface area contributed by atoms with E-state index in [2.05, 4.69) is 25.5 Å². The van der Waals surface area contributed by atoms with Gasteiger partial charge < -0.3 is 9.47 Å². The van der Waals surface area contributed by atoms with Gasteiger partial charge in [0.1, 0.15) is 22.9 Å². The van der Waals surface area contributed by atoms with Crippen LogP contribution in [0.4, 0.5) is 0 Å². The first kappa shape index (κ1) is 18.0. The second-order valence-corrected chi connectivity index (χ2v) is 5.35. The van der Waals surface area contributed by atoms with Crippen LogP contribution in [0.1, 0.15) is 16.1 Å². The van der Waals surface area contributed by atoms with Crippen molar-refractivity contribution in [3.05, 3.63) is 66.2 Å². The molecule has 2 heterocycles. The highest BCUT2D eigenvalue weighted by molar-refractivity contribution is 5.93. The summed E-state index contributed by atoms with van der Waals surface area (Å²) < 4.78 is 10.4. The van der Waals surface area contributed by atoms with Crippen LogP contribution in [0, 0.1) is 0 Å². The van der Waals surface area contributed by atoms with Crippen LogP contribution in [-0.4, -0.2) is 41.3 Å². The van der Waals surface area contributed by atoms with Gasteiger partial charge in [-0.1, -0.05) is 6.07 Å². The summed E-state index contributed by atoms with van der Waals surface area (Å²) in [5.41, 5.74) is 4.41. The molecule has 3 rings (SSSR count). The fraction of sp³-hybridized carbons (Fsp3) is 0.105. The van der Waals surface area contributed by atoms with Gasteiger partial charge in [0.05, 0.1) is 38.5 Å². The molecular weight excluding hydrogens is 346 g/mol. The summed E-state index contributed by atoms with van der Waals surface area (Å²) in [6.45, 7) is 0. The van der Waals surface area contributed by atoms with Gasteiger partial charge in [0.2, 0.25) is 0 Å². The maximum atomic E-state index is 12.3. The lowest BCUT2D eigenvalue weighted by Gasteiger charge is -2.05. The molecule has 8 heteroatoms. The SMILES string of the molecule is COc1cc(/C=N/NC(=O)c2cncc(-c3ccccn3)n2)cc(OC)c1. The van der Waals surface area contributed by atoms with Crippen molar-refractivity contribution in [2.75, 3.05) is 14.2 Å². The fourth-order valence-corrected chi connectivity index (χ4v) is 2.24. The Morgan fingerprint density at radius 1 is 1.07 bits per heavy atom. The molecule has 136 valence electrons. The van der Waals surface area contributed by atoms with Crippen LogP contribution in [-0.2, 0) is 0 Å². The van der Waals surface area contributed by atoms with E-state index in [1.165, 1.54) is 12.4 Å². The highest BCUT2D eigenvalue weighted by atomic mass is 16.5. The van der Waals surface area contributed by atoms with E-state index >= 15 is 0 Å². The summed E-state index contributed by atoms with van der Waals surface area (Å²) >= 11 is 0. The number of methoxy groups -OCH3 is 2. The van der Waals surface area contributed by atoms with Gasteiger partial charge in [-0.25, -0.2) is 10.4 Å². The molecule has 0 aliphatic heterocycles. The lowest BCUT2D eigenvalue weighted by molar-refractivity contribution is 0.0950. The Kier molecular flexibility index (Phi) is 5.68. The van der Waals surface area contributed by atoms with Gasteiger partial charge in [0.15, 0.2) is 0 Å². The predicted molar refractivity (Wildman–Crippen MR) is 99.9 cm³/mol. The summed E-state index contributed by atoms with van der Waals surface area (Å²) in [5, 5.41) is 3.95. The normalized spacial score (nSPS) is 10.6. The third kappa shape index (κ3) is 4.63. The van der Waals surface area contributed by atoms with E-state index in [1.54, 1.807) is 56.9 Å². The minimum Gasteiger partial charge on any atom is -0.497 e. The Bertz CT molecular complexity index is 938. The molecule has 0 saturated heterocycles. The molecule has 1 aromatic carbocycles. The van der Waals surface area contributed by atoms with Crippen LogP contribution in [0.2, 0.25) is 0 Å². The van der Waals surface area contributed by atoms with Gasteiger partial charge in [-0.15, -0.1) is 0 Å². The zero-order chi connectivity index (χ0) is 19.1. The van der Waals surface area contributed by atoms with Gasteiger partial charge >= 0.3 is 0 Å². The molecule has 0 saturated carbocycles. The second kappa shape index (κ2) is 8.52. The number of ether oxygens (including phenoxy) is 2. The van der Waals surface area contributed by atoms with Crippen molar-refractivity contribution in [3.8, 4) is 22.9 Å². The van der Waals surface area contributed by atoms with E-state index in [-0.39, 0.29) is 5.69 Å². The number of nitrogens with zero attached hydrogens (tertiary/aromatic N) is 4. The summed E-state index contributed by atoms with van der Waals surface area (Å²) in [7, 11) is 3.12. The molecule has 0 radical (unpaired) electrons. The molecular formula is C19H17N5O3. The molecule has 0 bridgehead atoms. The van der Waals surface area contributed by atoms with E-state index in [1.807, 2.05) is 6.07 Å². The molecule has 1 amide bonds. The summed E-state index contributed by atoms with van der Waals surface area (Å²) in [6, 6.07) is 10.7. The number of nitrogens with one attached hydrogen (secondary N) is 1. The average molecular weight is 363 g/mol. The Morgan fingerprint density at radius 2 is 1.85 bits per heavy atom. The molecule has 27 heavy (non-hydrogen) atoms. The van der Waals surface area contributed by atoms with Gasteiger partial charge in [-0.05, 0) is 24.3 Å². The summed E-state index contributed by atoms with van der Waals surface area (Å²) in [4.78, 5) is 24.8. The largest absolute Gasteiger partial charge is 0.497 e. The molecule has 0 atom stereocenters. The standard InChI is InChI=1S/C19H17N5O3/c1-26-14-7-13(8-15(9-14)27-2)10-22-24-19(25)18-12-20-11-17(23-18)16-5-3-4-6-21-16/h3-12H,1-2H3,(H,24,25)/b22-10+. The second-order valence-electron chi connectivity index (χ2n) is 5.35. The molecule has 0 unspecified atom stereocenters. The van der Waals surface area contributed by atoms with Crippen LogP contribution in [0.15, 0.2) is 60.1 Å². The van der Waals surface area contributed by atoms with Crippen LogP contribution < -0.4 is 14.9 Å². The highest BCUT2D eigenvalue weighted by Crippen LogP contribution is 2.21. The fourth-order valence-electron chi connectivity index (χ4n) is 2.24. The Labute approximate surface area is 155 Å². The van der Waals surface area contributed by atoms with E-state index in [0.29, 0.717) is 28.5 Å². The van der Waals surface area contributed by atoms with Crippen molar-refractivity contribution in [2.45, 2.75) is 0 Å². The predicted octanol–water partition coefficient (Wildman–Crippen LogP) is 2.32. The number of hydrogen-bond donors (Lipinski definition) is 1. The number of hydrazone groups is 1. The zero-order valence-corrected chi connectivity index (χ0v) is 14.8. The van der Waals surface area contributed by atoms with Crippen molar-refractivity contribution in [3.63, 3.8) is 0 Å². The molecule has 3 aromatic rings. The van der Waals surface area contributed by atoms with Crippen molar-refractivity contribution in [2.24, 2.45) is 5.10 Å². The molecule has 2 aromatic heterocycles. The lowest BCUT2D eigenvalue weighted by atomic mass is 10.2. The summed E-state index contributed by atoms with van der Waals surface area (Å²) in [5.74, 6) is 0.763. The first-order valence-corrected chi connectivity index (χ1v) is 7.99. The van der Waals surface area contributed by atoms with Gasteiger partial charge in [-0.2, -0.15) is 5.10 Å². The molecule has 0 fully saturated rings. The van der Waals surface area contributed by atoms with Crippen molar-refractivity contribution in [1.29, 1.82) is 0 Å². The number of rotatable bonds is 6. The molecule has 1 N–H and O–H groups in total. The number of pyridine rings is 1. The smallest absolute Gasteiger partial charge is 0.291 e. The lowest BCUT2D eigenvalue weighted by Crippen LogP contribution is -2.19. The van der Waals surface area contributed by atoms with Crippen molar-refractivity contribution >= 4 is 12.1 Å². The number of hydrogen-bond acceptors (Lipinski definition) is 7. The minimum atomic E-state index is -0.480. The molecule has 0 spiro atoms. The maximum absolute atomic E-state index is 12.3. The van der Waals surface area contributed by atoms with E-state index < -0.39 is 5.91 Å². The monoisotopic (exact) mass is 363 g/mol. The molecule has 8 nitrogen and oxygen atoms in total. The van der Waals surface area contributed by atoms with E-state index in [9.17, 15) is 4.79 Å². The van der Waals surface area contributed by atoms with Crippen LogP contribution >= 0.6 is 0 Å². The number of carbonyl (C=O) groups excluding carboxylic acids is 1. The maximum Gasteiger partial charge on any atom is 0.291 e. The third-order valence-electron chi connectivity index (χ3n) is 3.55. The third-order valence-corrected chi connectivity index (χ3v) is 3.55. The molecule has 0 aliphatic carbocycles. The number of benzene rings is 1. The van der Waals surface area contributed by atoms with Crippen LogP contribution in [0.3, 0.4) is 0 Å². The van der Waals surface area contributed by atoms with E-state index in [0.717, 1.165) is 0 Å². The molecule has 0 aliphatic rings. The van der Waals surface area contributed by atoms with Gasteiger partial charge in [0, 0.05) is 17.8 Å². The first-order valence-electron chi connectivity index (χ1n) is 7.99. The van der Waals surface area contributed by atoms with Crippen molar-refractivity contribution < 1.29 is 14.3 Å². The summed E-state index contributed by atoms with van der Waals surface area (Å²) in [6.07, 6.45) is 6.05. The Hall–Kier alpha value is -3.81. The van der Waals surface area contributed by atoms with Gasteiger partial charge in [0.25, 0.3) is 5.91 Å². The highest BCUT2D eigenvalue weighted by Gasteiger charge is 2.09. The zero-order valence-electron chi connectivity index (χ0n) is 14.8. The first-order chi connectivity index (χ1) is 13.2. The van der Waals surface area contributed by atoms with Crippen LogP contribution in [0.25, 0.3) is 11.4 Å². The van der Waals surface area contributed by atoms with Crippen molar-refractivity contribution in [1.82, 2.24) is 20.4 Å². The average Bonchev–Trinajstić information content (AvgIpc) is 2.74. The Morgan fingerprint density at radius 3 is 2.52 bits per heavy atom. The van der Waals surface area contributed by atoms with Gasteiger partial charge in [-0.3, -0.25) is 14.8 Å². The van der Waals surface area contributed by atoms with E-state index in [4.69, 9.17) is 9.47 Å². The Balaban J connectivity index is 1.72. The van der Waals surface area contributed by atoms with Crippen LogP contribution in [0.5, 0.6) is 11.5 Å².